The number of ether oxygens (including phenoxy) is 1. The molecule has 2 heterocycles. The van der Waals surface area contributed by atoms with Gasteiger partial charge in [-0.15, -0.1) is 0 Å². The summed E-state index contributed by atoms with van der Waals surface area (Å²) in [6, 6.07) is 2.36. The van der Waals surface area contributed by atoms with Crippen molar-refractivity contribution in [3.8, 4) is 0 Å². The molecule has 2 fully saturated rings. The Morgan fingerprint density at radius 1 is 1.47 bits per heavy atom. The first-order chi connectivity index (χ1) is 8.24. The first-order valence-corrected chi connectivity index (χ1v) is 6.10. The summed E-state index contributed by atoms with van der Waals surface area (Å²) in [5.74, 6) is -0.0379. The Morgan fingerprint density at radius 3 is 2.94 bits per heavy atom. The van der Waals surface area contributed by atoms with Crippen LogP contribution in [-0.4, -0.2) is 29.7 Å². The molecule has 3 rings (SSSR count). The first kappa shape index (κ1) is 10.7. The molecule has 1 aliphatic carbocycles. The lowest BCUT2D eigenvalue weighted by atomic mass is 10.2. The van der Waals surface area contributed by atoms with Crippen LogP contribution in [0.4, 0.5) is 5.69 Å². The smallest absolute Gasteiger partial charge is 0.268 e. The van der Waals surface area contributed by atoms with Crippen molar-refractivity contribution in [1.82, 2.24) is 9.88 Å². The molecule has 1 atom stereocenters. The van der Waals surface area contributed by atoms with E-state index in [4.69, 9.17) is 10.5 Å². The fourth-order valence-electron chi connectivity index (χ4n) is 2.25. The van der Waals surface area contributed by atoms with Gasteiger partial charge in [0.1, 0.15) is 5.69 Å². The van der Waals surface area contributed by atoms with Gasteiger partial charge in [0.2, 0.25) is 0 Å². The van der Waals surface area contributed by atoms with Crippen LogP contribution in [-0.2, 0) is 4.74 Å². The lowest BCUT2D eigenvalue weighted by Gasteiger charge is -2.12. The van der Waals surface area contributed by atoms with Gasteiger partial charge in [-0.05, 0) is 25.3 Å². The highest BCUT2D eigenvalue weighted by Gasteiger charge is 2.28. The zero-order valence-electron chi connectivity index (χ0n) is 9.69. The Balaban J connectivity index is 1.75. The fraction of sp³-hybridized carbons (Fsp3) is 0.583. The second-order valence-electron chi connectivity index (χ2n) is 4.83. The molecule has 0 radical (unpaired) electrons. The van der Waals surface area contributed by atoms with Crippen molar-refractivity contribution in [2.24, 2.45) is 0 Å². The molecule has 17 heavy (non-hydrogen) atoms. The average Bonchev–Trinajstić information content (AvgIpc) is 2.88. The van der Waals surface area contributed by atoms with Crippen LogP contribution in [0.25, 0.3) is 0 Å². The van der Waals surface area contributed by atoms with Gasteiger partial charge >= 0.3 is 0 Å². The van der Waals surface area contributed by atoms with Gasteiger partial charge in [-0.2, -0.15) is 0 Å². The van der Waals surface area contributed by atoms with Crippen molar-refractivity contribution in [2.75, 3.05) is 18.9 Å². The van der Waals surface area contributed by atoms with Crippen LogP contribution < -0.4 is 11.1 Å². The summed E-state index contributed by atoms with van der Waals surface area (Å²) in [7, 11) is 0. The summed E-state index contributed by atoms with van der Waals surface area (Å²) >= 11 is 0. The lowest BCUT2D eigenvalue weighted by Crippen LogP contribution is -2.36. The number of aromatic nitrogens is 1. The van der Waals surface area contributed by atoms with E-state index >= 15 is 0 Å². The van der Waals surface area contributed by atoms with Crippen LogP contribution in [0.5, 0.6) is 0 Å². The molecule has 0 bridgehead atoms. The second kappa shape index (κ2) is 4.07. The van der Waals surface area contributed by atoms with Gasteiger partial charge in [-0.25, -0.2) is 0 Å². The van der Waals surface area contributed by atoms with Crippen molar-refractivity contribution in [1.29, 1.82) is 0 Å². The van der Waals surface area contributed by atoms with Gasteiger partial charge in [-0.1, -0.05) is 0 Å². The minimum Gasteiger partial charge on any atom is -0.397 e. The van der Waals surface area contributed by atoms with Gasteiger partial charge in [0, 0.05) is 18.8 Å². The molecular weight excluding hydrogens is 218 g/mol. The number of carbonyl (C=O) groups is 1. The normalized spacial score (nSPS) is 23.9. The monoisotopic (exact) mass is 235 g/mol. The minimum absolute atomic E-state index is 0.0379. The molecule has 0 spiro atoms. The Bertz CT molecular complexity index is 431. The van der Waals surface area contributed by atoms with Gasteiger partial charge < -0.3 is 20.4 Å². The van der Waals surface area contributed by atoms with E-state index in [0.29, 0.717) is 24.0 Å². The lowest BCUT2D eigenvalue weighted by molar-refractivity contribution is 0.0920. The molecule has 2 aliphatic rings. The molecule has 1 saturated heterocycles. The number of nitrogens with two attached hydrogens (primary N) is 1. The van der Waals surface area contributed by atoms with Gasteiger partial charge in [-0.3, -0.25) is 4.79 Å². The summed E-state index contributed by atoms with van der Waals surface area (Å²) in [6.07, 6.45) is 5.03. The molecular formula is C12H17N3O2. The summed E-state index contributed by atoms with van der Waals surface area (Å²) in [5.41, 5.74) is 7.10. The predicted octanol–water partition coefficient (Wildman–Crippen LogP) is 0.924. The zero-order chi connectivity index (χ0) is 11.8. The number of anilines is 1. The van der Waals surface area contributed by atoms with Gasteiger partial charge in [0.05, 0.1) is 18.3 Å². The van der Waals surface area contributed by atoms with Gasteiger partial charge in [0.15, 0.2) is 0 Å². The SMILES string of the molecule is Nc1cc(C(=O)NC2CCOC2)n(C2CC2)c1. The largest absolute Gasteiger partial charge is 0.397 e. The molecule has 1 aromatic heterocycles. The first-order valence-electron chi connectivity index (χ1n) is 6.10. The Labute approximate surface area is 99.9 Å². The van der Waals surface area contributed by atoms with Crippen LogP contribution in [0, 0.1) is 0 Å². The van der Waals surface area contributed by atoms with Gasteiger partial charge in [0.25, 0.3) is 5.91 Å². The maximum absolute atomic E-state index is 12.1. The fourth-order valence-corrected chi connectivity index (χ4v) is 2.25. The molecule has 0 aromatic carbocycles. The van der Waals surface area contributed by atoms with E-state index in [1.165, 1.54) is 0 Å². The van der Waals surface area contributed by atoms with E-state index in [9.17, 15) is 4.79 Å². The standard InChI is InChI=1S/C12H17N3O2/c13-8-5-11(15(6-8)10-1-2-10)12(16)14-9-3-4-17-7-9/h5-6,9-10H,1-4,7,13H2,(H,14,16). The van der Waals surface area contributed by atoms with Crippen molar-refractivity contribution < 1.29 is 9.53 Å². The van der Waals surface area contributed by atoms with Crippen LogP contribution in [0.15, 0.2) is 12.3 Å². The van der Waals surface area contributed by atoms with Crippen LogP contribution in [0.1, 0.15) is 35.8 Å². The molecule has 1 aromatic rings. The summed E-state index contributed by atoms with van der Waals surface area (Å²) < 4.78 is 7.24. The summed E-state index contributed by atoms with van der Waals surface area (Å²) in [5, 5.41) is 2.99. The van der Waals surface area contributed by atoms with Crippen molar-refractivity contribution in [3.63, 3.8) is 0 Å². The highest BCUT2D eigenvalue weighted by atomic mass is 16.5. The van der Waals surface area contributed by atoms with E-state index in [0.717, 1.165) is 25.9 Å². The van der Waals surface area contributed by atoms with Crippen molar-refractivity contribution in [3.05, 3.63) is 18.0 Å². The van der Waals surface area contributed by atoms with E-state index in [1.54, 1.807) is 6.07 Å². The number of nitrogens with zero attached hydrogens (tertiary/aromatic N) is 1. The van der Waals surface area contributed by atoms with E-state index < -0.39 is 0 Å². The van der Waals surface area contributed by atoms with Crippen molar-refractivity contribution in [2.45, 2.75) is 31.3 Å². The van der Waals surface area contributed by atoms with E-state index in [1.807, 2.05) is 10.8 Å². The number of nitrogen functional groups attached to an aromatic ring is 1. The zero-order valence-corrected chi connectivity index (χ0v) is 9.69. The number of nitrogens with one attached hydrogen (secondary N) is 1. The maximum Gasteiger partial charge on any atom is 0.268 e. The van der Waals surface area contributed by atoms with Crippen LogP contribution >= 0.6 is 0 Å². The van der Waals surface area contributed by atoms with Crippen molar-refractivity contribution >= 4 is 11.6 Å². The molecule has 1 aliphatic heterocycles. The average molecular weight is 235 g/mol. The summed E-state index contributed by atoms with van der Waals surface area (Å²) in [4.78, 5) is 12.1. The number of hydrogen-bond acceptors (Lipinski definition) is 3. The van der Waals surface area contributed by atoms with E-state index in [-0.39, 0.29) is 11.9 Å². The topological polar surface area (TPSA) is 69.3 Å². The molecule has 3 N–H and O–H groups in total. The molecule has 1 saturated carbocycles. The van der Waals surface area contributed by atoms with Crippen LogP contribution in [0.3, 0.4) is 0 Å². The van der Waals surface area contributed by atoms with E-state index in [2.05, 4.69) is 5.32 Å². The number of amides is 1. The summed E-state index contributed by atoms with van der Waals surface area (Å²) in [6.45, 7) is 1.35. The quantitative estimate of drug-likeness (QED) is 0.818. The molecule has 1 amide bonds. The maximum atomic E-state index is 12.1. The number of rotatable bonds is 3. The third-order valence-electron chi connectivity index (χ3n) is 3.31. The Kier molecular flexibility index (Phi) is 2.55. The number of carbonyl (C=O) groups excluding carboxylic acids is 1. The highest BCUT2D eigenvalue weighted by Crippen LogP contribution is 2.37. The molecule has 5 nitrogen and oxygen atoms in total. The second-order valence-corrected chi connectivity index (χ2v) is 4.83. The molecule has 5 heteroatoms. The Morgan fingerprint density at radius 2 is 2.29 bits per heavy atom. The molecule has 92 valence electrons. The highest BCUT2D eigenvalue weighted by molar-refractivity contribution is 5.94. The minimum atomic E-state index is -0.0379. The molecule has 1 unspecified atom stereocenters. The van der Waals surface area contributed by atoms with Crippen LogP contribution in [0.2, 0.25) is 0 Å². The predicted molar refractivity (Wildman–Crippen MR) is 63.8 cm³/mol. The third kappa shape index (κ3) is 2.15. The number of hydrogen-bond donors (Lipinski definition) is 2. The Hall–Kier alpha value is -1.49. The third-order valence-corrected chi connectivity index (χ3v) is 3.31.